The SMILES string of the molecule is CC(CCNC(=O)c1ccc(F)c(N)c1)c1ccccc1. The van der Waals surface area contributed by atoms with Gasteiger partial charge in [0.1, 0.15) is 5.82 Å². The van der Waals surface area contributed by atoms with Crippen molar-refractivity contribution in [1.82, 2.24) is 5.32 Å². The third kappa shape index (κ3) is 4.05. The van der Waals surface area contributed by atoms with E-state index in [-0.39, 0.29) is 11.6 Å². The molecule has 1 atom stereocenters. The number of hydrogen-bond acceptors (Lipinski definition) is 2. The van der Waals surface area contributed by atoms with Crippen molar-refractivity contribution in [1.29, 1.82) is 0 Å². The van der Waals surface area contributed by atoms with Crippen molar-refractivity contribution in [2.45, 2.75) is 19.3 Å². The lowest BCUT2D eigenvalue weighted by Crippen LogP contribution is -2.25. The summed E-state index contributed by atoms with van der Waals surface area (Å²) < 4.78 is 13.1. The second-order valence-corrected chi connectivity index (χ2v) is 5.09. The average molecular weight is 286 g/mol. The van der Waals surface area contributed by atoms with Crippen LogP contribution in [0.1, 0.15) is 35.2 Å². The van der Waals surface area contributed by atoms with Gasteiger partial charge in [0.05, 0.1) is 5.69 Å². The molecule has 0 fully saturated rings. The summed E-state index contributed by atoms with van der Waals surface area (Å²) in [6, 6.07) is 14.1. The maximum absolute atomic E-state index is 13.1. The van der Waals surface area contributed by atoms with E-state index in [1.54, 1.807) is 0 Å². The molecular formula is C17H19FN2O. The number of benzene rings is 2. The van der Waals surface area contributed by atoms with Crippen LogP contribution < -0.4 is 11.1 Å². The van der Waals surface area contributed by atoms with Crippen LogP contribution in [0.5, 0.6) is 0 Å². The van der Waals surface area contributed by atoms with Gasteiger partial charge >= 0.3 is 0 Å². The molecule has 0 bridgehead atoms. The normalized spacial score (nSPS) is 11.9. The summed E-state index contributed by atoms with van der Waals surface area (Å²) in [6.45, 7) is 2.68. The molecule has 0 saturated heterocycles. The molecule has 2 rings (SSSR count). The first-order valence-corrected chi connectivity index (χ1v) is 6.96. The first-order chi connectivity index (χ1) is 10.1. The average Bonchev–Trinajstić information content (AvgIpc) is 2.50. The molecular weight excluding hydrogens is 267 g/mol. The first-order valence-electron chi connectivity index (χ1n) is 6.96. The van der Waals surface area contributed by atoms with Crippen molar-refractivity contribution < 1.29 is 9.18 Å². The van der Waals surface area contributed by atoms with Crippen molar-refractivity contribution in [3.05, 3.63) is 65.5 Å². The van der Waals surface area contributed by atoms with Crippen LogP contribution in [0.2, 0.25) is 0 Å². The Hall–Kier alpha value is -2.36. The molecule has 3 N–H and O–H groups in total. The summed E-state index contributed by atoms with van der Waals surface area (Å²) in [5, 5.41) is 2.83. The van der Waals surface area contributed by atoms with Gasteiger partial charge < -0.3 is 11.1 Å². The van der Waals surface area contributed by atoms with Gasteiger partial charge in [-0.25, -0.2) is 4.39 Å². The van der Waals surface area contributed by atoms with Gasteiger partial charge in [-0.05, 0) is 36.1 Å². The van der Waals surface area contributed by atoms with Crippen LogP contribution in [0.15, 0.2) is 48.5 Å². The summed E-state index contributed by atoms with van der Waals surface area (Å²) in [4.78, 5) is 11.9. The first kappa shape index (κ1) is 15.0. The van der Waals surface area contributed by atoms with E-state index < -0.39 is 5.82 Å². The smallest absolute Gasteiger partial charge is 0.251 e. The highest BCUT2D eigenvalue weighted by Gasteiger charge is 2.09. The van der Waals surface area contributed by atoms with E-state index in [0.29, 0.717) is 18.0 Å². The fourth-order valence-electron chi connectivity index (χ4n) is 2.14. The second kappa shape index (κ2) is 6.88. The van der Waals surface area contributed by atoms with Crippen LogP contribution in [0.4, 0.5) is 10.1 Å². The Bertz CT molecular complexity index is 613. The number of halogens is 1. The predicted molar refractivity (Wildman–Crippen MR) is 82.6 cm³/mol. The van der Waals surface area contributed by atoms with Gasteiger partial charge in [0.2, 0.25) is 0 Å². The summed E-state index contributed by atoms with van der Waals surface area (Å²) in [7, 11) is 0. The van der Waals surface area contributed by atoms with Crippen LogP contribution in [-0.2, 0) is 0 Å². The van der Waals surface area contributed by atoms with Crippen LogP contribution in [-0.4, -0.2) is 12.5 Å². The molecule has 1 unspecified atom stereocenters. The molecule has 110 valence electrons. The monoisotopic (exact) mass is 286 g/mol. The Kier molecular flexibility index (Phi) is 4.93. The molecule has 2 aromatic carbocycles. The molecule has 0 aliphatic carbocycles. The van der Waals surface area contributed by atoms with Gasteiger partial charge in [0.15, 0.2) is 0 Å². The van der Waals surface area contributed by atoms with Crippen molar-refractivity contribution in [3.63, 3.8) is 0 Å². The fraction of sp³-hybridized carbons (Fsp3) is 0.235. The molecule has 0 aromatic heterocycles. The minimum atomic E-state index is -0.510. The Morgan fingerprint density at radius 2 is 1.95 bits per heavy atom. The standard InChI is InChI=1S/C17H19FN2O/c1-12(13-5-3-2-4-6-13)9-10-20-17(21)14-7-8-15(18)16(19)11-14/h2-8,11-12H,9-10,19H2,1H3,(H,20,21). The number of hydrogen-bond donors (Lipinski definition) is 2. The maximum atomic E-state index is 13.1. The number of carbonyl (C=O) groups excluding carboxylic acids is 1. The third-order valence-corrected chi connectivity index (χ3v) is 3.49. The molecule has 4 heteroatoms. The Balaban J connectivity index is 1.85. The molecule has 0 spiro atoms. The Labute approximate surface area is 124 Å². The molecule has 0 aliphatic heterocycles. The predicted octanol–water partition coefficient (Wildman–Crippen LogP) is 3.33. The molecule has 0 heterocycles. The zero-order valence-corrected chi connectivity index (χ0v) is 12.0. The summed E-state index contributed by atoms with van der Waals surface area (Å²) in [5.74, 6) is -0.379. The van der Waals surface area contributed by atoms with Crippen molar-refractivity contribution in [2.24, 2.45) is 0 Å². The number of nitrogens with one attached hydrogen (secondary N) is 1. The van der Waals surface area contributed by atoms with E-state index in [4.69, 9.17) is 5.73 Å². The number of carbonyl (C=O) groups is 1. The van der Waals surface area contributed by atoms with Gasteiger partial charge in [-0.15, -0.1) is 0 Å². The van der Waals surface area contributed by atoms with Crippen LogP contribution >= 0.6 is 0 Å². The van der Waals surface area contributed by atoms with Gasteiger partial charge in [0.25, 0.3) is 5.91 Å². The number of anilines is 1. The van der Waals surface area contributed by atoms with E-state index in [9.17, 15) is 9.18 Å². The van der Waals surface area contributed by atoms with E-state index in [0.717, 1.165) is 6.42 Å². The van der Waals surface area contributed by atoms with Gasteiger partial charge in [-0.1, -0.05) is 37.3 Å². The Morgan fingerprint density at radius 1 is 1.24 bits per heavy atom. The summed E-state index contributed by atoms with van der Waals surface area (Å²) in [6.07, 6.45) is 0.840. The number of rotatable bonds is 5. The molecule has 2 aromatic rings. The van der Waals surface area contributed by atoms with E-state index >= 15 is 0 Å². The minimum absolute atomic E-state index is 0.0136. The zero-order valence-electron chi connectivity index (χ0n) is 12.0. The van der Waals surface area contributed by atoms with E-state index in [1.165, 1.54) is 23.8 Å². The third-order valence-electron chi connectivity index (χ3n) is 3.49. The highest BCUT2D eigenvalue weighted by Crippen LogP contribution is 2.17. The fourth-order valence-corrected chi connectivity index (χ4v) is 2.14. The number of amides is 1. The van der Waals surface area contributed by atoms with Crippen molar-refractivity contribution in [3.8, 4) is 0 Å². The topological polar surface area (TPSA) is 55.1 Å². The van der Waals surface area contributed by atoms with E-state index in [1.807, 2.05) is 18.2 Å². The molecule has 0 saturated carbocycles. The largest absolute Gasteiger partial charge is 0.396 e. The lowest BCUT2D eigenvalue weighted by atomic mass is 9.98. The van der Waals surface area contributed by atoms with Gasteiger partial charge in [0, 0.05) is 12.1 Å². The van der Waals surface area contributed by atoms with E-state index in [2.05, 4.69) is 24.4 Å². The number of nitrogen functional groups attached to an aromatic ring is 1. The number of nitrogens with two attached hydrogens (primary N) is 1. The highest BCUT2D eigenvalue weighted by atomic mass is 19.1. The van der Waals surface area contributed by atoms with Crippen LogP contribution in [0, 0.1) is 5.82 Å². The molecule has 21 heavy (non-hydrogen) atoms. The molecule has 0 radical (unpaired) electrons. The highest BCUT2D eigenvalue weighted by molar-refractivity contribution is 5.95. The minimum Gasteiger partial charge on any atom is -0.396 e. The lowest BCUT2D eigenvalue weighted by Gasteiger charge is -2.12. The summed E-state index contributed by atoms with van der Waals surface area (Å²) >= 11 is 0. The summed E-state index contributed by atoms with van der Waals surface area (Å²) in [5.41, 5.74) is 7.07. The maximum Gasteiger partial charge on any atom is 0.251 e. The van der Waals surface area contributed by atoms with Gasteiger partial charge in [-0.2, -0.15) is 0 Å². The van der Waals surface area contributed by atoms with Gasteiger partial charge in [-0.3, -0.25) is 4.79 Å². The lowest BCUT2D eigenvalue weighted by molar-refractivity contribution is 0.0952. The quantitative estimate of drug-likeness (QED) is 0.828. The second-order valence-electron chi connectivity index (χ2n) is 5.09. The van der Waals surface area contributed by atoms with Crippen molar-refractivity contribution in [2.75, 3.05) is 12.3 Å². The molecule has 1 amide bonds. The van der Waals surface area contributed by atoms with Crippen molar-refractivity contribution >= 4 is 11.6 Å². The molecule has 3 nitrogen and oxygen atoms in total. The molecule has 0 aliphatic rings. The Morgan fingerprint density at radius 3 is 2.62 bits per heavy atom. The van der Waals surface area contributed by atoms with Crippen LogP contribution in [0.3, 0.4) is 0 Å². The zero-order chi connectivity index (χ0) is 15.2. The van der Waals surface area contributed by atoms with Crippen LogP contribution in [0.25, 0.3) is 0 Å².